The third-order valence-electron chi connectivity index (χ3n) is 6.79. The molecular formula is C29H32N6O3S. The lowest BCUT2D eigenvalue weighted by Gasteiger charge is -2.23. The van der Waals surface area contributed by atoms with Gasteiger partial charge in [-0.05, 0) is 63.8 Å². The van der Waals surface area contributed by atoms with Crippen LogP contribution in [0.25, 0.3) is 11.5 Å². The van der Waals surface area contributed by atoms with Crippen LogP contribution >= 0.6 is 11.3 Å². The van der Waals surface area contributed by atoms with E-state index < -0.39 is 5.54 Å². The third kappa shape index (κ3) is 5.76. The summed E-state index contributed by atoms with van der Waals surface area (Å²) in [4.78, 5) is 33.1. The molecule has 0 aliphatic carbocycles. The number of hydrogen-bond donors (Lipinski definition) is 2. The highest BCUT2D eigenvalue weighted by Gasteiger charge is 2.34. The molecule has 5 rings (SSSR count). The van der Waals surface area contributed by atoms with Gasteiger partial charge in [0.05, 0.1) is 11.6 Å². The van der Waals surface area contributed by atoms with Crippen LogP contribution in [0.3, 0.4) is 0 Å². The molecule has 2 aromatic carbocycles. The number of nitrogens with zero attached hydrogens (tertiary/aromatic N) is 4. The fourth-order valence-electron chi connectivity index (χ4n) is 4.89. The summed E-state index contributed by atoms with van der Waals surface area (Å²) in [5.74, 6) is 0.0273. The smallest absolute Gasteiger partial charge is 0.254 e. The van der Waals surface area contributed by atoms with Crippen LogP contribution in [0.4, 0.5) is 0 Å². The fraction of sp³-hybridized carbons (Fsp3) is 0.345. The van der Waals surface area contributed by atoms with Gasteiger partial charge >= 0.3 is 0 Å². The van der Waals surface area contributed by atoms with E-state index in [0.29, 0.717) is 36.2 Å². The van der Waals surface area contributed by atoms with Crippen molar-refractivity contribution in [1.29, 1.82) is 0 Å². The van der Waals surface area contributed by atoms with Gasteiger partial charge < -0.3 is 20.4 Å². The van der Waals surface area contributed by atoms with Gasteiger partial charge in [-0.2, -0.15) is 0 Å². The maximum absolute atomic E-state index is 13.8. The lowest BCUT2D eigenvalue weighted by molar-refractivity contribution is 0.0735. The van der Waals surface area contributed by atoms with Crippen LogP contribution in [-0.4, -0.2) is 45.0 Å². The highest BCUT2D eigenvalue weighted by atomic mass is 32.1. The maximum atomic E-state index is 13.8. The number of aryl methyl sites for hydroxylation is 1. The Hall–Kier alpha value is -3.89. The highest BCUT2D eigenvalue weighted by Crippen LogP contribution is 2.35. The van der Waals surface area contributed by atoms with Gasteiger partial charge in [0.25, 0.3) is 11.8 Å². The number of carbonyl (C=O) groups is 2. The van der Waals surface area contributed by atoms with E-state index in [-0.39, 0.29) is 29.6 Å². The van der Waals surface area contributed by atoms with Crippen molar-refractivity contribution >= 4 is 23.2 Å². The fourth-order valence-corrected chi connectivity index (χ4v) is 5.83. The predicted molar refractivity (Wildman–Crippen MR) is 149 cm³/mol. The van der Waals surface area contributed by atoms with E-state index in [2.05, 4.69) is 20.5 Å². The number of hydrogen-bond acceptors (Lipinski definition) is 8. The molecule has 2 atom stereocenters. The molecule has 4 aromatic rings. The summed E-state index contributed by atoms with van der Waals surface area (Å²) >= 11 is 1.57. The van der Waals surface area contributed by atoms with Gasteiger partial charge in [0.15, 0.2) is 0 Å². The molecule has 1 fully saturated rings. The van der Waals surface area contributed by atoms with E-state index in [1.54, 1.807) is 29.5 Å². The van der Waals surface area contributed by atoms with Crippen molar-refractivity contribution in [3.63, 3.8) is 0 Å². The standard InChI is InChI=1S/C29H32N6O3S/c1-4-31-24(36)20-13-21(25-33-34-28(38-25)29(3,30)16-19-9-6-5-7-10-19)15-22(14-20)27(37)35-12-8-11-23(35)26-32-18(2)17-39-26/h5-7,9-10,13-15,17,23H,4,8,11-12,16,30H2,1-3H3,(H,31,36)/t23-,29?/m1/s1. The number of benzene rings is 2. The Morgan fingerprint density at radius 1 is 1.18 bits per heavy atom. The zero-order valence-corrected chi connectivity index (χ0v) is 23.1. The van der Waals surface area contributed by atoms with Gasteiger partial charge in [-0.1, -0.05) is 30.3 Å². The largest absolute Gasteiger partial charge is 0.419 e. The average molecular weight is 545 g/mol. The van der Waals surface area contributed by atoms with Gasteiger partial charge in [0, 0.05) is 40.9 Å². The van der Waals surface area contributed by atoms with Gasteiger partial charge in [0.1, 0.15) is 5.01 Å². The van der Waals surface area contributed by atoms with Gasteiger partial charge in [-0.25, -0.2) is 4.98 Å². The Kier molecular flexibility index (Phi) is 7.58. The molecule has 0 radical (unpaired) electrons. The number of rotatable bonds is 8. The first-order valence-electron chi connectivity index (χ1n) is 13.1. The van der Waals surface area contributed by atoms with Crippen molar-refractivity contribution < 1.29 is 14.0 Å². The molecule has 0 spiro atoms. The minimum atomic E-state index is -0.906. The lowest BCUT2D eigenvalue weighted by Crippen LogP contribution is -2.35. The van der Waals surface area contributed by atoms with Gasteiger partial charge in [-0.3, -0.25) is 9.59 Å². The van der Waals surface area contributed by atoms with Crippen molar-refractivity contribution in [3.8, 4) is 11.5 Å². The van der Waals surface area contributed by atoms with Crippen LogP contribution in [0, 0.1) is 6.92 Å². The summed E-state index contributed by atoms with van der Waals surface area (Å²) in [7, 11) is 0. The molecule has 0 bridgehead atoms. The summed E-state index contributed by atoms with van der Waals surface area (Å²) in [5.41, 5.74) is 8.88. The molecule has 3 N–H and O–H groups in total. The van der Waals surface area contributed by atoms with E-state index in [1.165, 1.54) is 0 Å². The molecule has 1 unspecified atom stereocenters. The van der Waals surface area contributed by atoms with Crippen molar-refractivity contribution in [2.75, 3.05) is 13.1 Å². The second kappa shape index (κ2) is 11.1. The van der Waals surface area contributed by atoms with E-state index in [0.717, 1.165) is 29.1 Å². The van der Waals surface area contributed by atoms with E-state index in [1.807, 2.05) is 61.4 Å². The number of nitrogens with one attached hydrogen (secondary N) is 1. The van der Waals surface area contributed by atoms with Gasteiger partial charge in [0.2, 0.25) is 11.8 Å². The zero-order chi connectivity index (χ0) is 27.6. The van der Waals surface area contributed by atoms with E-state index in [9.17, 15) is 9.59 Å². The number of aromatic nitrogens is 3. The second-order valence-electron chi connectivity index (χ2n) is 10.1. The Bertz CT molecular complexity index is 1480. The van der Waals surface area contributed by atoms with Crippen LogP contribution in [0.2, 0.25) is 0 Å². The Labute approximate surface area is 231 Å². The Morgan fingerprint density at radius 2 is 1.95 bits per heavy atom. The third-order valence-corrected chi connectivity index (χ3v) is 7.85. The van der Waals surface area contributed by atoms with E-state index >= 15 is 0 Å². The first-order valence-corrected chi connectivity index (χ1v) is 14.0. The van der Waals surface area contributed by atoms with Crippen molar-refractivity contribution in [1.82, 2.24) is 25.4 Å². The van der Waals surface area contributed by atoms with Crippen LogP contribution in [0.5, 0.6) is 0 Å². The van der Waals surface area contributed by atoms with Gasteiger partial charge in [-0.15, -0.1) is 21.5 Å². The van der Waals surface area contributed by atoms with Crippen LogP contribution in [-0.2, 0) is 12.0 Å². The number of amides is 2. The highest BCUT2D eigenvalue weighted by molar-refractivity contribution is 7.09. The minimum absolute atomic E-state index is 0.0845. The summed E-state index contributed by atoms with van der Waals surface area (Å²) < 4.78 is 6.04. The summed E-state index contributed by atoms with van der Waals surface area (Å²) in [5, 5.41) is 14.2. The zero-order valence-electron chi connectivity index (χ0n) is 22.3. The lowest BCUT2D eigenvalue weighted by atomic mass is 9.94. The van der Waals surface area contributed by atoms with Crippen LogP contribution < -0.4 is 11.1 Å². The normalized spacial score (nSPS) is 16.7. The SMILES string of the molecule is CCNC(=O)c1cc(C(=O)N2CCC[C@@H]2c2nc(C)cs2)cc(-c2nnc(C(C)(N)Cc3ccccc3)o2)c1. The van der Waals surface area contributed by atoms with Crippen LogP contribution in [0.1, 0.15) is 75.6 Å². The molecule has 10 heteroatoms. The molecule has 2 aromatic heterocycles. The first kappa shape index (κ1) is 26.7. The molecule has 9 nitrogen and oxygen atoms in total. The summed E-state index contributed by atoms with van der Waals surface area (Å²) in [6.07, 6.45) is 2.25. The number of likely N-dealkylation sites (tertiary alicyclic amines) is 1. The Balaban J connectivity index is 1.48. The second-order valence-corrected chi connectivity index (χ2v) is 11.0. The molecule has 202 valence electrons. The summed E-state index contributed by atoms with van der Waals surface area (Å²) in [6.45, 7) is 6.72. The number of nitrogens with two attached hydrogens (primary N) is 1. The quantitative estimate of drug-likeness (QED) is 0.331. The molecular weight excluding hydrogens is 512 g/mol. The van der Waals surface area contributed by atoms with Crippen molar-refractivity contribution in [2.24, 2.45) is 5.73 Å². The number of thiazole rings is 1. The Morgan fingerprint density at radius 3 is 2.67 bits per heavy atom. The average Bonchev–Trinajstić information content (AvgIpc) is 3.69. The number of carbonyl (C=O) groups excluding carboxylic acids is 2. The maximum Gasteiger partial charge on any atom is 0.254 e. The predicted octanol–water partition coefficient (Wildman–Crippen LogP) is 4.65. The van der Waals surface area contributed by atoms with E-state index in [4.69, 9.17) is 10.2 Å². The van der Waals surface area contributed by atoms with Crippen molar-refractivity contribution in [2.45, 2.75) is 51.6 Å². The minimum Gasteiger partial charge on any atom is -0.419 e. The molecule has 0 saturated carbocycles. The first-order chi connectivity index (χ1) is 18.7. The molecule has 39 heavy (non-hydrogen) atoms. The topological polar surface area (TPSA) is 127 Å². The molecule has 2 amide bonds. The molecule has 1 aliphatic heterocycles. The monoisotopic (exact) mass is 544 g/mol. The van der Waals surface area contributed by atoms with Crippen LogP contribution in [0.15, 0.2) is 58.3 Å². The molecule has 3 heterocycles. The summed E-state index contributed by atoms with van der Waals surface area (Å²) in [6, 6.07) is 14.8. The van der Waals surface area contributed by atoms with Crippen molar-refractivity contribution in [3.05, 3.63) is 87.2 Å². The molecule has 1 aliphatic rings. The molecule has 1 saturated heterocycles.